The third kappa shape index (κ3) is 5.67. The van der Waals surface area contributed by atoms with Crippen LogP contribution in [-0.2, 0) is 17.6 Å². The first-order chi connectivity index (χ1) is 19.1. The minimum Gasteiger partial charge on any atom is -0.380 e. The van der Waals surface area contributed by atoms with Crippen LogP contribution in [0.3, 0.4) is 0 Å². The normalized spacial score (nSPS) is 23.5. The fourth-order valence-electron chi connectivity index (χ4n) is 6.02. The summed E-state index contributed by atoms with van der Waals surface area (Å²) >= 11 is 4.40. The molecule has 3 aliphatic rings. The molecule has 5 nitrogen and oxygen atoms in total. The van der Waals surface area contributed by atoms with Crippen LogP contribution < -0.4 is 5.32 Å². The SMILES string of the molecule is CC1(NC2CCOC2)CCc2ccc(-c3cnc4c(c3)c(-c3ccc(SC5CC5)cc3)nn4PI)cc2CC1. The molecule has 3 heterocycles. The summed E-state index contributed by atoms with van der Waals surface area (Å²) in [4.78, 5) is 6.28. The van der Waals surface area contributed by atoms with Gasteiger partial charge in [0.15, 0.2) is 5.65 Å². The number of nitrogens with one attached hydrogen (secondary N) is 1. The van der Waals surface area contributed by atoms with E-state index >= 15 is 0 Å². The molecule has 0 bridgehead atoms. The first-order valence-corrected chi connectivity index (χ1v) is 19.0. The Morgan fingerprint density at radius 2 is 1.79 bits per heavy atom. The van der Waals surface area contributed by atoms with Crippen molar-refractivity contribution in [2.45, 2.75) is 73.6 Å². The molecular formula is C31H34IN4OPS. The standard InChI is InChI=1S/C31H34IN4OPS/c1-31(34-25-12-15-37-19-25)13-10-20-2-3-22(16-23(20)11-14-31)24-17-28-29(35-36(38-32)30(28)33-18-24)21-4-6-26(7-5-21)39-27-8-9-27/h2-7,16-18,25,27,34,38H,8-15,19H2,1H3. The summed E-state index contributed by atoms with van der Waals surface area (Å²) in [5.74, 6) is 0. The van der Waals surface area contributed by atoms with Crippen molar-refractivity contribution >= 4 is 51.2 Å². The Morgan fingerprint density at radius 3 is 2.54 bits per heavy atom. The molecular weight excluding hydrogens is 634 g/mol. The van der Waals surface area contributed by atoms with Crippen LogP contribution in [-0.4, -0.2) is 44.6 Å². The van der Waals surface area contributed by atoms with Crippen LogP contribution in [0.2, 0.25) is 0 Å². The lowest BCUT2D eigenvalue weighted by Crippen LogP contribution is -2.48. The summed E-state index contributed by atoms with van der Waals surface area (Å²) in [7, 11) is 0. The summed E-state index contributed by atoms with van der Waals surface area (Å²) in [6, 6.07) is 18.8. The van der Waals surface area contributed by atoms with E-state index in [1.54, 1.807) is 0 Å². The minimum atomic E-state index is 0.161. The van der Waals surface area contributed by atoms with Crippen LogP contribution in [0.15, 0.2) is 59.6 Å². The van der Waals surface area contributed by atoms with Gasteiger partial charge in [0.2, 0.25) is 0 Å². The van der Waals surface area contributed by atoms with Crippen LogP contribution in [0.25, 0.3) is 33.4 Å². The Kier molecular flexibility index (Phi) is 7.48. The zero-order valence-electron chi connectivity index (χ0n) is 22.3. The average molecular weight is 669 g/mol. The molecule has 1 saturated heterocycles. The molecule has 7 rings (SSSR count). The Bertz CT molecular complexity index is 1500. The van der Waals surface area contributed by atoms with Gasteiger partial charge in [-0.05, 0) is 109 Å². The van der Waals surface area contributed by atoms with E-state index in [9.17, 15) is 0 Å². The fourth-order valence-corrected chi connectivity index (χ4v) is 8.47. The molecule has 3 unspecified atom stereocenters. The molecule has 2 aromatic carbocycles. The van der Waals surface area contributed by atoms with Gasteiger partial charge in [-0.1, -0.05) is 30.3 Å². The van der Waals surface area contributed by atoms with Crippen molar-refractivity contribution in [3.8, 4) is 22.4 Å². The Hall–Kier alpha value is -1.51. The van der Waals surface area contributed by atoms with Crippen molar-refractivity contribution in [3.05, 3.63) is 65.9 Å². The highest BCUT2D eigenvalue weighted by Gasteiger charge is 2.31. The lowest BCUT2D eigenvalue weighted by Gasteiger charge is -2.32. The number of hydrogen-bond acceptors (Lipinski definition) is 5. The second-order valence-corrected chi connectivity index (χ2v) is 14.9. The number of halogens is 1. The number of fused-ring (bicyclic) bond motifs is 2. The zero-order valence-corrected chi connectivity index (χ0v) is 26.2. The first-order valence-electron chi connectivity index (χ1n) is 14.1. The third-order valence-electron chi connectivity index (χ3n) is 8.47. The van der Waals surface area contributed by atoms with Gasteiger partial charge in [-0.25, -0.2) is 9.44 Å². The number of thioether (sulfide) groups is 1. The van der Waals surface area contributed by atoms with E-state index in [2.05, 4.69) is 82.8 Å². The summed E-state index contributed by atoms with van der Waals surface area (Å²) in [5, 5.41) is 10.9. The van der Waals surface area contributed by atoms with Crippen LogP contribution in [0, 0.1) is 0 Å². The Balaban J connectivity index is 1.17. The highest BCUT2D eigenvalue weighted by Crippen LogP contribution is 2.41. The summed E-state index contributed by atoms with van der Waals surface area (Å²) < 4.78 is 7.67. The smallest absolute Gasteiger partial charge is 0.162 e. The number of aromatic nitrogens is 3. The molecule has 1 saturated carbocycles. The number of benzene rings is 2. The molecule has 0 radical (unpaired) electrons. The molecule has 2 aromatic heterocycles. The van der Waals surface area contributed by atoms with E-state index in [1.807, 2.05) is 22.4 Å². The number of aryl methyl sites for hydroxylation is 2. The van der Waals surface area contributed by atoms with Crippen LogP contribution in [0.4, 0.5) is 0 Å². The van der Waals surface area contributed by atoms with Gasteiger partial charge in [-0.3, -0.25) is 0 Å². The van der Waals surface area contributed by atoms with Gasteiger partial charge in [-0.15, -0.1) is 11.8 Å². The van der Waals surface area contributed by atoms with E-state index in [-0.39, 0.29) is 5.54 Å². The summed E-state index contributed by atoms with van der Waals surface area (Å²) in [6.07, 6.45) is 10.9. The second kappa shape index (κ2) is 11.1. The molecule has 4 aromatic rings. The van der Waals surface area contributed by atoms with Gasteiger partial charge in [0.25, 0.3) is 0 Å². The van der Waals surface area contributed by atoms with Crippen molar-refractivity contribution in [2.24, 2.45) is 0 Å². The predicted molar refractivity (Wildman–Crippen MR) is 172 cm³/mol. The Labute approximate surface area is 249 Å². The van der Waals surface area contributed by atoms with E-state index in [0.717, 1.165) is 72.0 Å². The van der Waals surface area contributed by atoms with Gasteiger partial charge < -0.3 is 10.1 Å². The largest absolute Gasteiger partial charge is 0.380 e. The molecule has 3 atom stereocenters. The van der Waals surface area contributed by atoms with E-state index in [4.69, 9.17) is 14.8 Å². The van der Waals surface area contributed by atoms with Gasteiger partial charge in [0.1, 0.15) is 5.69 Å². The van der Waals surface area contributed by atoms with Gasteiger partial charge >= 0.3 is 0 Å². The topological polar surface area (TPSA) is 52.0 Å². The quantitative estimate of drug-likeness (QED) is 0.124. The Morgan fingerprint density at radius 1 is 1.00 bits per heavy atom. The molecule has 1 N–H and O–H groups in total. The lowest BCUT2D eigenvalue weighted by molar-refractivity contribution is 0.179. The van der Waals surface area contributed by atoms with Crippen molar-refractivity contribution in [1.82, 2.24) is 19.9 Å². The number of rotatable bonds is 7. The van der Waals surface area contributed by atoms with Crippen LogP contribution in [0.1, 0.15) is 50.2 Å². The molecule has 2 fully saturated rings. The highest BCUT2D eigenvalue weighted by atomic mass is 127. The number of hydrogen-bond donors (Lipinski definition) is 1. The molecule has 202 valence electrons. The van der Waals surface area contributed by atoms with E-state index in [1.165, 1.54) is 40.8 Å². The molecule has 8 heteroatoms. The van der Waals surface area contributed by atoms with Crippen LogP contribution in [0.5, 0.6) is 0 Å². The lowest BCUT2D eigenvalue weighted by atomic mass is 9.90. The summed E-state index contributed by atoms with van der Waals surface area (Å²) in [6.45, 7) is 4.14. The van der Waals surface area contributed by atoms with Gasteiger partial charge in [0, 0.05) is 51.0 Å². The maximum absolute atomic E-state index is 5.62. The zero-order chi connectivity index (χ0) is 26.4. The molecule has 1 aliphatic heterocycles. The number of nitrogens with zero attached hydrogens (tertiary/aromatic N) is 3. The van der Waals surface area contributed by atoms with Crippen LogP contribution >= 0.6 is 40.2 Å². The molecule has 0 amide bonds. The molecule has 2 aliphatic carbocycles. The predicted octanol–water partition coefficient (Wildman–Crippen LogP) is 7.83. The molecule has 39 heavy (non-hydrogen) atoms. The van der Waals surface area contributed by atoms with Gasteiger partial charge in [-0.2, -0.15) is 5.10 Å². The second-order valence-electron chi connectivity index (χ2n) is 11.5. The monoisotopic (exact) mass is 668 g/mol. The first kappa shape index (κ1) is 26.4. The van der Waals surface area contributed by atoms with Gasteiger partial charge in [0.05, 0.1) is 13.0 Å². The maximum Gasteiger partial charge on any atom is 0.162 e. The highest BCUT2D eigenvalue weighted by molar-refractivity contribution is 14.2. The van der Waals surface area contributed by atoms with E-state index < -0.39 is 0 Å². The maximum atomic E-state index is 5.62. The van der Waals surface area contributed by atoms with Crippen molar-refractivity contribution in [3.63, 3.8) is 0 Å². The fraction of sp³-hybridized carbons (Fsp3) is 0.419. The number of pyridine rings is 1. The molecule has 0 spiro atoms. The van der Waals surface area contributed by atoms with Crippen molar-refractivity contribution in [2.75, 3.05) is 13.2 Å². The minimum absolute atomic E-state index is 0.161. The van der Waals surface area contributed by atoms with Crippen molar-refractivity contribution < 1.29 is 4.74 Å². The van der Waals surface area contributed by atoms with E-state index in [0.29, 0.717) is 12.4 Å². The third-order valence-corrected chi connectivity index (χ3v) is 11.7. The average Bonchev–Trinajstić information content (AvgIpc) is 3.53. The number of ether oxygens (including phenoxy) is 1. The summed E-state index contributed by atoms with van der Waals surface area (Å²) in [5.41, 5.74) is 8.69. The van der Waals surface area contributed by atoms with Crippen molar-refractivity contribution in [1.29, 1.82) is 0 Å².